The van der Waals surface area contributed by atoms with E-state index in [4.69, 9.17) is 0 Å². The van der Waals surface area contributed by atoms with Crippen molar-refractivity contribution in [3.05, 3.63) is 47.8 Å². The Morgan fingerprint density at radius 2 is 1.81 bits per heavy atom. The summed E-state index contributed by atoms with van der Waals surface area (Å²) in [5, 5.41) is 12.7. The lowest BCUT2D eigenvalue weighted by molar-refractivity contribution is 0.471. The fraction of sp³-hybridized carbons (Fsp3) is 0.154. The third-order valence-electron chi connectivity index (χ3n) is 2.38. The Kier molecular flexibility index (Phi) is 2.77. The Bertz CT molecular complexity index is 509. The van der Waals surface area contributed by atoms with Crippen LogP contribution in [0.2, 0.25) is 0 Å². The summed E-state index contributed by atoms with van der Waals surface area (Å²) < 4.78 is 0. The van der Waals surface area contributed by atoms with E-state index in [-0.39, 0.29) is 0 Å². The van der Waals surface area contributed by atoms with Crippen molar-refractivity contribution in [2.24, 2.45) is 0 Å². The number of hydrogen-bond acceptors (Lipinski definition) is 3. The van der Waals surface area contributed by atoms with Crippen molar-refractivity contribution in [2.45, 2.75) is 13.8 Å². The van der Waals surface area contributed by atoms with Crippen LogP contribution in [-0.2, 0) is 0 Å². The molecule has 0 aliphatic rings. The van der Waals surface area contributed by atoms with E-state index < -0.39 is 0 Å². The van der Waals surface area contributed by atoms with Crippen molar-refractivity contribution < 1.29 is 5.11 Å². The van der Waals surface area contributed by atoms with Gasteiger partial charge in [-0.1, -0.05) is 0 Å². The normalized spacial score (nSPS) is 10.1. The van der Waals surface area contributed by atoms with Gasteiger partial charge < -0.3 is 10.4 Å². The smallest absolute Gasteiger partial charge is 0.118 e. The summed E-state index contributed by atoms with van der Waals surface area (Å²) in [5.74, 6) is 0.316. The van der Waals surface area contributed by atoms with Crippen LogP contribution in [-0.4, -0.2) is 10.1 Å². The molecule has 3 nitrogen and oxygen atoms in total. The molecular weight excluding hydrogens is 200 g/mol. The second-order valence-electron chi connectivity index (χ2n) is 3.81. The summed E-state index contributed by atoms with van der Waals surface area (Å²) in [4.78, 5) is 4.13. The first-order valence-corrected chi connectivity index (χ1v) is 5.14. The molecule has 1 aromatic carbocycles. The summed E-state index contributed by atoms with van der Waals surface area (Å²) in [7, 11) is 0. The Balaban J connectivity index is 2.24. The molecule has 3 heteroatoms. The van der Waals surface area contributed by atoms with Crippen molar-refractivity contribution in [2.75, 3.05) is 5.32 Å². The minimum Gasteiger partial charge on any atom is -0.508 e. The van der Waals surface area contributed by atoms with E-state index >= 15 is 0 Å². The number of nitrogens with zero attached hydrogens (tertiary/aromatic N) is 1. The highest BCUT2D eigenvalue weighted by Gasteiger charge is 1.99. The third kappa shape index (κ3) is 2.31. The highest BCUT2D eigenvalue weighted by Crippen LogP contribution is 2.23. The predicted octanol–water partition coefficient (Wildman–Crippen LogP) is 3.15. The standard InChI is InChI=1S/C13H14N2O/c1-9-7-11(3-4-13(9)16)15-12-5-6-14-10(2)8-12/h3-8,16H,1-2H3,(H,14,15). The first-order chi connectivity index (χ1) is 7.65. The van der Waals surface area contributed by atoms with Crippen LogP contribution in [0, 0.1) is 13.8 Å². The Labute approximate surface area is 94.8 Å². The largest absolute Gasteiger partial charge is 0.508 e. The maximum Gasteiger partial charge on any atom is 0.118 e. The number of anilines is 2. The van der Waals surface area contributed by atoms with Crippen LogP contribution < -0.4 is 5.32 Å². The number of rotatable bonds is 2. The number of aryl methyl sites for hydroxylation is 2. The molecule has 0 spiro atoms. The molecule has 16 heavy (non-hydrogen) atoms. The minimum absolute atomic E-state index is 0.316. The zero-order chi connectivity index (χ0) is 11.5. The van der Waals surface area contributed by atoms with Gasteiger partial charge in [0.2, 0.25) is 0 Å². The molecular formula is C13H14N2O. The molecule has 2 rings (SSSR count). The van der Waals surface area contributed by atoms with E-state index in [1.54, 1.807) is 12.3 Å². The SMILES string of the molecule is Cc1cc(Nc2ccc(O)c(C)c2)ccn1. The molecule has 0 saturated heterocycles. The number of benzene rings is 1. The lowest BCUT2D eigenvalue weighted by Gasteiger charge is -2.08. The molecule has 0 radical (unpaired) electrons. The van der Waals surface area contributed by atoms with Crippen LogP contribution in [0.1, 0.15) is 11.3 Å². The fourth-order valence-electron chi connectivity index (χ4n) is 1.52. The van der Waals surface area contributed by atoms with Gasteiger partial charge in [-0.15, -0.1) is 0 Å². The van der Waals surface area contributed by atoms with Gasteiger partial charge in [-0.2, -0.15) is 0 Å². The van der Waals surface area contributed by atoms with Crippen molar-refractivity contribution in [3.8, 4) is 5.75 Å². The van der Waals surface area contributed by atoms with E-state index in [2.05, 4.69) is 10.3 Å². The van der Waals surface area contributed by atoms with Crippen molar-refractivity contribution >= 4 is 11.4 Å². The Morgan fingerprint density at radius 1 is 1.06 bits per heavy atom. The van der Waals surface area contributed by atoms with Crippen LogP contribution in [0.3, 0.4) is 0 Å². The third-order valence-corrected chi connectivity index (χ3v) is 2.38. The highest BCUT2D eigenvalue weighted by atomic mass is 16.3. The Morgan fingerprint density at radius 3 is 2.50 bits per heavy atom. The maximum atomic E-state index is 9.42. The second kappa shape index (κ2) is 4.23. The molecule has 0 aliphatic carbocycles. The van der Waals surface area contributed by atoms with Gasteiger partial charge in [0.1, 0.15) is 5.75 Å². The monoisotopic (exact) mass is 214 g/mol. The maximum absolute atomic E-state index is 9.42. The van der Waals surface area contributed by atoms with Crippen LogP contribution in [0.15, 0.2) is 36.5 Å². The lowest BCUT2D eigenvalue weighted by atomic mass is 10.2. The first-order valence-electron chi connectivity index (χ1n) is 5.14. The van der Waals surface area contributed by atoms with E-state index in [0.717, 1.165) is 22.6 Å². The Hall–Kier alpha value is -2.03. The lowest BCUT2D eigenvalue weighted by Crippen LogP contribution is -1.92. The minimum atomic E-state index is 0.316. The van der Waals surface area contributed by atoms with E-state index in [9.17, 15) is 5.11 Å². The number of hydrogen-bond donors (Lipinski definition) is 2. The molecule has 0 fully saturated rings. The van der Waals surface area contributed by atoms with Gasteiger partial charge in [-0.05, 0) is 49.7 Å². The molecule has 0 saturated carbocycles. The quantitative estimate of drug-likeness (QED) is 0.755. The molecule has 82 valence electrons. The van der Waals surface area contributed by atoms with Crippen molar-refractivity contribution in [3.63, 3.8) is 0 Å². The predicted molar refractivity (Wildman–Crippen MR) is 65.1 cm³/mol. The summed E-state index contributed by atoms with van der Waals surface area (Å²) in [6.45, 7) is 3.82. The number of phenols is 1. The van der Waals surface area contributed by atoms with Crippen LogP contribution in [0.5, 0.6) is 5.75 Å². The zero-order valence-corrected chi connectivity index (χ0v) is 9.36. The van der Waals surface area contributed by atoms with Crippen molar-refractivity contribution in [1.82, 2.24) is 4.98 Å². The number of aromatic hydroxyl groups is 1. The number of phenolic OH excluding ortho intramolecular Hbond substituents is 1. The average Bonchev–Trinajstić information content (AvgIpc) is 2.24. The first kappa shape index (κ1) is 10.5. The van der Waals surface area contributed by atoms with Gasteiger partial charge in [0, 0.05) is 23.3 Å². The molecule has 2 aromatic rings. The van der Waals surface area contributed by atoms with Gasteiger partial charge in [0.05, 0.1) is 0 Å². The number of aromatic nitrogens is 1. The van der Waals surface area contributed by atoms with Gasteiger partial charge in [-0.25, -0.2) is 0 Å². The second-order valence-corrected chi connectivity index (χ2v) is 3.81. The summed E-state index contributed by atoms with van der Waals surface area (Å²) in [5.41, 5.74) is 3.79. The number of pyridine rings is 1. The average molecular weight is 214 g/mol. The summed E-state index contributed by atoms with van der Waals surface area (Å²) in [6, 6.07) is 9.33. The molecule has 0 atom stereocenters. The molecule has 1 heterocycles. The van der Waals surface area contributed by atoms with E-state index in [1.165, 1.54) is 0 Å². The molecule has 2 N–H and O–H groups in total. The zero-order valence-electron chi connectivity index (χ0n) is 9.36. The fourth-order valence-corrected chi connectivity index (χ4v) is 1.52. The van der Waals surface area contributed by atoms with Gasteiger partial charge in [0.25, 0.3) is 0 Å². The van der Waals surface area contributed by atoms with Crippen LogP contribution in [0.25, 0.3) is 0 Å². The molecule has 0 unspecified atom stereocenters. The van der Waals surface area contributed by atoms with Gasteiger partial charge in [0.15, 0.2) is 0 Å². The summed E-state index contributed by atoms with van der Waals surface area (Å²) >= 11 is 0. The summed E-state index contributed by atoms with van der Waals surface area (Å²) in [6.07, 6.45) is 1.77. The van der Waals surface area contributed by atoms with Gasteiger partial charge in [-0.3, -0.25) is 4.98 Å². The van der Waals surface area contributed by atoms with Crippen LogP contribution >= 0.6 is 0 Å². The molecule has 0 aliphatic heterocycles. The highest BCUT2D eigenvalue weighted by molar-refractivity contribution is 5.61. The number of nitrogens with one attached hydrogen (secondary N) is 1. The molecule has 1 aromatic heterocycles. The molecule has 0 amide bonds. The van der Waals surface area contributed by atoms with E-state index in [1.807, 2.05) is 38.1 Å². The van der Waals surface area contributed by atoms with Gasteiger partial charge >= 0.3 is 0 Å². The van der Waals surface area contributed by atoms with E-state index in [0.29, 0.717) is 5.75 Å². The van der Waals surface area contributed by atoms with Crippen molar-refractivity contribution in [1.29, 1.82) is 0 Å². The molecule has 0 bridgehead atoms. The topological polar surface area (TPSA) is 45.1 Å². The van der Waals surface area contributed by atoms with Crippen LogP contribution in [0.4, 0.5) is 11.4 Å².